The quantitative estimate of drug-likeness (QED) is 0.688. The van der Waals surface area contributed by atoms with Gasteiger partial charge in [-0.15, -0.1) is 0 Å². The van der Waals surface area contributed by atoms with Crippen molar-refractivity contribution in [2.45, 2.75) is 38.1 Å². The molecular weight excluding hydrogens is 372 g/mol. The maximum atomic E-state index is 12.4. The maximum absolute atomic E-state index is 12.4. The summed E-state index contributed by atoms with van der Waals surface area (Å²) in [5, 5.41) is 0. The van der Waals surface area contributed by atoms with Crippen molar-refractivity contribution in [1.29, 1.82) is 0 Å². The van der Waals surface area contributed by atoms with Gasteiger partial charge < -0.3 is 9.47 Å². The van der Waals surface area contributed by atoms with Crippen molar-refractivity contribution >= 4 is 11.0 Å². The monoisotopic (exact) mass is 402 g/mol. The van der Waals surface area contributed by atoms with Crippen LogP contribution in [0, 0.1) is 13.8 Å². The Morgan fingerprint density at radius 1 is 1.04 bits per heavy atom. The van der Waals surface area contributed by atoms with Gasteiger partial charge in [0.25, 0.3) is 0 Å². The second-order valence-corrected chi connectivity index (χ2v) is 8.56. The molecule has 0 bridgehead atoms. The van der Waals surface area contributed by atoms with Gasteiger partial charge in [-0.05, 0) is 79.8 Å². The molecule has 1 heterocycles. The van der Waals surface area contributed by atoms with Crippen LogP contribution in [0.1, 0.15) is 28.7 Å². The summed E-state index contributed by atoms with van der Waals surface area (Å²) in [5.41, 5.74) is 5.03. The lowest BCUT2D eigenvalue weighted by atomic mass is 9.98. The zero-order valence-electron chi connectivity index (χ0n) is 17.2. The third kappa shape index (κ3) is 4.93. The molecule has 0 fully saturated rings. The van der Waals surface area contributed by atoms with E-state index in [0.29, 0.717) is 0 Å². The minimum Gasteiger partial charge on any atom is -0.493 e. The van der Waals surface area contributed by atoms with Crippen LogP contribution >= 0.6 is 0 Å². The van der Waals surface area contributed by atoms with Crippen LogP contribution in [-0.2, 0) is 24.0 Å². The average molecular weight is 403 g/mol. The highest BCUT2D eigenvalue weighted by Crippen LogP contribution is 2.33. The van der Waals surface area contributed by atoms with E-state index in [9.17, 15) is 4.21 Å². The highest BCUT2D eigenvalue weighted by atomic mass is 32.2. The Morgan fingerprint density at radius 2 is 1.75 bits per heavy atom. The van der Waals surface area contributed by atoms with Crippen LogP contribution in [0.15, 0.2) is 35.2 Å². The summed E-state index contributed by atoms with van der Waals surface area (Å²) in [6, 6.07) is 10.2. The van der Waals surface area contributed by atoms with E-state index in [1.165, 1.54) is 22.3 Å². The third-order valence-corrected chi connectivity index (χ3v) is 6.52. The molecule has 6 heteroatoms. The van der Waals surface area contributed by atoms with Crippen LogP contribution in [0.25, 0.3) is 0 Å². The SMILES string of the molecule is COc1cc2c(cc1OC)CN(CCCNS(=O)c1ccc(C)c(C)c1)CC2. The Morgan fingerprint density at radius 3 is 2.43 bits per heavy atom. The second kappa shape index (κ2) is 9.54. The molecule has 2 aromatic rings. The first-order chi connectivity index (χ1) is 13.5. The van der Waals surface area contributed by atoms with Crippen LogP contribution in [0.2, 0.25) is 0 Å². The predicted octanol–water partition coefficient (Wildman–Crippen LogP) is 3.38. The first-order valence-electron chi connectivity index (χ1n) is 9.70. The van der Waals surface area contributed by atoms with E-state index in [-0.39, 0.29) is 0 Å². The van der Waals surface area contributed by atoms with E-state index in [4.69, 9.17) is 9.47 Å². The minimum absolute atomic E-state index is 0.731. The van der Waals surface area contributed by atoms with Crippen molar-refractivity contribution in [2.24, 2.45) is 0 Å². The molecule has 3 rings (SSSR count). The highest BCUT2D eigenvalue weighted by molar-refractivity contribution is 7.83. The summed E-state index contributed by atoms with van der Waals surface area (Å²) in [6.07, 6.45) is 1.97. The van der Waals surface area contributed by atoms with E-state index >= 15 is 0 Å². The first-order valence-corrected chi connectivity index (χ1v) is 10.9. The first kappa shape index (κ1) is 20.8. The summed E-state index contributed by atoms with van der Waals surface area (Å²) < 4.78 is 26.4. The van der Waals surface area contributed by atoms with E-state index in [1.807, 2.05) is 18.2 Å². The van der Waals surface area contributed by atoms with Crippen molar-refractivity contribution in [3.05, 3.63) is 52.6 Å². The largest absolute Gasteiger partial charge is 0.493 e. The smallest absolute Gasteiger partial charge is 0.161 e. The lowest BCUT2D eigenvalue weighted by Gasteiger charge is -2.29. The van der Waals surface area contributed by atoms with E-state index in [0.717, 1.165) is 55.4 Å². The molecule has 1 unspecified atom stereocenters. The fourth-order valence-corrected chi connectivity index (χ4v) is 4.48. The molecule has 5 nitrogen and oxygen atoms in total. The van der Waals surface area contributed by atoms with Gasteiger partial charge >= 0.3 is 0 Å². The Kier molecular flexibility index (Phi) is 7.10. The lowest BCUT2D eigenvalue weighted by Crippen LogP contribution is -2.33. The summed E-state index contributed by atoms with van der Waals surface area (Å²) in [4.78, 5) is 3.28. The van der Waals surface area contributed by atoms with Crippen LogP contribution in [0.5, 0.6) is 11.5 Å². The molecule has 0 spiro atoms. The number of ether oxygens (including phenoxy) is 2. The van der Waals surface area contributed by atoms with Crippen molar-refractivity contribution in [3.63, 3.8) is 0 Å². The van der Waals surface area contributed by atoms with Gasteiger partial charge in [0.05, 0.1) is 19.1 Å². The summed E-state index contributed by atoms with van der Waals surface area (Å²) in [7, 11) is 2.20. The van der Waals surface area contributed by atoms with Gasteiger partial charge in [-0.2, -0.15) is 0 Å². The minimum atomic E-state index is -1.15. The fourth-order valence-electron chi connectivity index (χ4n) is 3.51. The number of rotatable bonds is 8. The molecule has 0 amide bonds. The summed E-state index contributed by atoms with van der Waals surface area (Å²) in [5.74, 6) is 1.58. The van der Waals surface area contributed by atoms with Gasteiger partial charge in [0.1, 0.15) is 11.0 Å². The summed E-state index contributed by atoms with van der Waals surface area (Å²) in [6.45, 7) is 7.77. The number of hydrogen-bond donors (Lipinski definition) is 1. The van der Waals surface area contributed by atoms with Gasteiger partial charge in [-0.3, -0.25) is 4.90 Å². The molecule has 1 aliphatic heterocycles. The van der Waals surface area contributed by atoms with Gasteiger partial charge in [-0.25, -0.2) is 8.93 Å². The van der Waals surface area contributed by atoms with Gasteiger partial charge in [0.2, 0.25) is 0 Å². The van der Waals surface area contributed by atoms with Gasteiger partial charge in [0.15, 0.2) is 11.5 Å². The number of methoxy groups -OCH3 is 2. The molecule has 0 radical (unpaired) electrons. The van der Waals surface area contributed by atoms with Crippen LogP contribution in [-0.4, -0.2) is 43.0 Å². The summed E-state index contributed by atoms with van der Waals surface area (Å²) >= 11 is 0. The van der Waals surface area contributed by atoms with Crippen LogP contribution in [0.3, 0.4) is 0 Å². The molecule has 1 N–H and O–H groups in total. The predicted molar refractivity (Wildman–Crippen MR) is 113 cm³/mol. The maximum Gasteiger partial charge on any atom is 0.161 e. The highest BCUT2D eigenvalue weighted by Gasteiger charge is 2.19. The van der Waals surface area contributed by atoms with Crippen molar-refractivity contribution in [2.75, 3.05) is 33.9 Å². The zero-order chi connectivity index (χ0) is 20.1. The van der Waals surface area contributed by atoms with Gasteiger partial charge in [0, 0.05) is 19.6 Å². The number of hydrogen-bond acceptors (Lipinski definition) is 4. The normalized spacial score (nSPS) is 15.1. The second-order valence-electron chi connectivity index (χ2n) is 7.26. The molecule has 0 saturated carbocycles. The molecule has 0 aliphatic carbocycles. The molecule has 0 aromatic heterocycles. The molecule has 0 saturated heterocycles. The number of benzene rings is 2. The number of aryl methyl sites for hydroxylation is 2. The standard InChI is InChI=1S/C22H30N2O3S/c1-16-6-7-20(12-17(16)2)28(25)23-9-5-10-24-11-8-18-13-21(26-3)22(27-4)14-19(18)15-24/h6-7,12-14,23H,5,8-11,15H2,1-4H3. The number of nitrogens with one attached hydrogen (secondary N) is 1. The average Bonchev–Trinajstić information content (AvgIpc) is 2.71. The Hall–Kier alpha value is -1.89. The van der Waals surface area contributed by atoms with E-state index < -0.39 is 11.0 Å². The Labute approximate surface area is 170 Å². The topological polar surface area (TPSA) is 50.8 Å². The van der Waals surface area contributed by atoms with E-state index in [1.54, 1.807) is 14.2 Å². The molecule has 2 aromatic carbocycles. The van der Waals surface area contributed by atoms with Crippen molar-refractivity contribution in [3.8, 4) is 11.5 Å². The molecule has 1 atom stereocenters. The molecule has 28 heavy (non-hydrogen) atoms. The van der Waals surface area contributed by atoms with E-state index in [2.05, 4.69) is 35.6 Å². The molecule has 1 aliphatic rings. The third-order valence-electron chi connectivity index (χ3n) is 5.37. The Bertz CT molecular complexity index is 854. The van der Waals surface area contributed by atoms with Crippen LogP contribution in [0.4, 0.5) is 0 Å². The van der Waals surface area contributed by atoms with Crippen LogP contribution < -0.4 is 14.2 Å². The van der Waals surface area contributed by atoms with Gasteiger partial charge in [-0.1, -0.05) is 6.07 Å². The fraction of sp³-hybridized carbons (Fsp3) is 0.455. The lowest BCUT2D eigenvalue weighted by molar-refractivity contribution is 0.250. The van der Waals surface area contributed by atoms with Crippen molar-refractivity contribution in [1.82, 2.24) is 9.62 Å². The number of fused-ring (bicyclic) bond motifs is 1. The molecular formula is C22H30N2O3S. The van der Waals surface area contributed by atoms with Crippen molar-refractivity contribution < 1.29 is 13.7 Å². The Balaban J connectivity index is 1.48. The zero-order valence-corrected chi connectivity index (χ0v) is 18.0. The molecule has 152 valence electrons. The number of nitrogens with zero attached hydrogens (tertiary/aromatic N) is 1.